The molecule has 2 aromatic carbocycles. The molecule has 6 nitrogen and oxygen atoms in total. The molecule has 1 spiro atoms. The van der Waals surface area contributed by atoms with E-state index >= 15 is 0 Å². The molecule has 180 valence electrons. The summed E-state index contributed by atoms with van der Waals surface area (Å²) in [7, 11) is 0. The molecule has 1 N–H and O–H groups in total. The van der Waals surface area contributed by atoms with Crippen molar-refractivity contribution in [1.29, 1.82) is 0 Å². The van der Waals surface area contributed by atoms with Crippen LogP contribution in [-0.2, 0) is 10.2 Å². The van der Waals surface area contributed by atoms with Gasteiger partial charge in [0.1, 0.15) is 11.4 Å². The number of rotatable bonds is 3. The third-order valence-electron chi connectivity index (χ3n) is 6.96. The average Bonchev–Trinajstić information content (AvgIpc) is 2.78. The van der Waals surface area contributed by atoms with Crippen LogP contribution in [0.1, 0.15) is 77.4 Å². The maximum atomic E-state index is 12.9. The molecule has 0 bridgehead atoms. The quantitative estimate of drug-likeness (QED) is 0.736. The third kappa shape index (κ3) is 4.86. The van der Waals surface area contributed by atoms with Crippen molar-refractivity contribution in [2.24, 2.45) is 0 Å². The Morgan fingerprint density at radius 2 is 1.71 bits per heavy atom. The van der Waals surface area contributed by atoms with Gasteiger partial charge >= 0.3 is 0 Å². The maximum absolute atomic E-state index is 12.9. The highest BCUT2D eigenvalue weighted by atomic mass is 16.5. The van der Waals surface area contributed by atoms with Crippen LogP contribution in [0, 0.1) is 13.8 Å². The Hall–Kier alpha value is -3.15. The summed E-state index contributed by atoms with van der Waals surface area (Å²) in [5.41, 5.74) is 3.84. The number of hydrogen-bond donors (Lipinski definition) is 1. The zero-order chi connectivity index (χ0) is 24.7. The van der Waals surface area contributed by atoms with E-state index in [9.17, 15) is 14.4 Å². The second-order valence-corrected chi connectivity index (χ2v) is 10.7. The van der Waals surface area contributed by atoms with Gasteiger partial charge in [0.25, 0.3) is 5.91 Å². The number of likely N-dealkylation sites (tertiary alicyclic amines) is 1. The van der Waals surface area contributed by atoms with Crippen molar-refractivity contribution in [3.8, 4) is 5.75 Å². The van der Waals surface area contributed by atoms with E-state index in [2.05, 4.69) is 26.1 Å². The first-order valence-corrected chi connectivity index (χ1v) is 12.0. The van der Waals surface area contributed by atoms with E-state index in [1.165, 1.54) is 0 Å². The molecule has 0 unspecified atom stereocenters. The van der Waals surface area contributed by atoms with Crippen LogP contribution in [0.25, 0.3) is 0 Å². The Morgan fingerprint density at radius 3 is 2.32 bits per heavy atom. The van der Waals surface area contributed by atoms with Crippen molar-refractivity contribution < 1.29 is 19.1 Å². The SMILES string of the molecule is Cc1cc(C)c2c(c1)C(=O)CC1(CCN(C(=O)CNC(=O)c3ccc(C(C)(C)C)cc3)CC1)O2. The van der Waals surface area contributed by atoms with Gasteiger partial charge in [0.2, 0.25) is 5.91 Å². The molecule has 2 aliphatic rings. The van der Waals surface area contributed by atoms with E-state index in [1.54, 1.807) is 17.0 Å². The number of nitrogens with one attached hydrogen (secondary N) is 1. The van der Waals surface area contributed by atoms with Crippen LogP contribution in [0.15, 0.2) is 36.4 Å². The molecule has 6 heteroatoms. The summed E-state index contributed by atoms with van der Waals surface area (Å²) in [5, 5.41) is 2.74. The van der Waals surface area contributed by atoms with E-state index in [0.29, 0.717) is 49.2 Å². The number of Topliss-reactive ketones (excluding diaryl/α,β-unsaturated/α-hetero) is 1. The number of ketones is 1. The van der Waals surface area contributed by atoms with Gasteiger partial charge in [-0.15, -0.1) is 0 Å². The lowest BCUT2D eigenvalue weighted by Crippen LogP contribution is -2.53. The molecular formula is C28H34N2O4. The predicted molar refractivity (Wildman–Crippen MR) is 132 cm³/mol. The molecular weight excluding hydrogens is 428 g/mol. The zero-order valence-electron chi connectivity index (χ0n) is 20.8. The topological polar surface area (TPSA) is 75.7 Å². The Bertz CT molecular complexity index is 1120. The second kappa shape index (κ2) is 8.90. The number of ether oxygens (including phenoxy) is 1. The number of piperidine rings is 1. The van der Waals surface area contributed by atoms with Crippen molar-refractivity contribution in [3.05, 3.63) is 64.2 Å². The normalized spacial score (nSPS) is 17.2. The number of carbonyl (C=O) groups is 3. The van der Waals surface area contributed by atoms with E-state index in [4.69, 9.17) is 4.74 Å². The van der Waals surface area contributed by atoms with Gasteiger partial charge in [0, 0.05) is 31.5 Å². The van der Waals surface area contributed by atoms with Gasteiger partial charge in [-0.1, -0.05) is 39.0 Å². The van der Waals surface area contributed by atoms with E-state index < -0.39 is 5.60 Å². The van der Waals surface area contributed by atoms with Gasteiger partial charge in [0.05, 0.1) is 18.5 Å². The van der Waals surface area contributed by atoms with E-state index in [0.717, 1.165) is 16.7 Å². The molecule has 1 saturated heterocycles. The van der Waals surface area contributed by atoms with Crippen LogP contribution < -0.4 is 10.1 Å². The maximum Gasteiger partial charge on any atom is 0.251 e. The highest BCUT2D eigenvalue weighted by molar-refractivity contribution is 6.01. The van der Waals surface area contributed by atoms with Crippen molar-refractivity contribution in [1.82, 2.24) is 10.2 Å². The fourth-order valence-electron chi connectivity index (χ4n) is 4.87. The largest absolute Gasteiger partial charge is 0.486 e. The molecule has 2 heterocycles. The van der Waals surface area contributed by atoms with Gasteiger partial charge in [-0.2, -0.15) is 0 Å². The summed E-state index contributed by atoms with van der Waals surface area (Å²) >= 11 is 0. The van der Waals surface area contributed by atoms with Crippen molar-refractivity contribution in [3.63, 3.8) is 0 Å². The van der Waals surface area contributed by atoms with E-state index in [-0.39, 0.29) is 29.6 Å². The summed E-state index contributed by atoms with van der Waals surface area (Å²) in [4.78, 5) is 39.9. The predicted octanol–water partition coefficient (Wildman–Crippen LogP) is 4.36. The van der Waals surface area contributed by atoms with Crippen LogP contribution >= 0.6 is 0 Å². The molecule has 0 atom stereocenters. The minimum absolute atomic E-state index is 0.0168. The number of aryl methyl sites for hydroxylation is 2. The fourth-order valence-corrected chi connectivity index (χ4v) is 4.87. The standard InChI is InChI=1S/C28H34N2O4/c1-18-14-19(2)25-22(15-18)23(31)16-28(34-25)10-12-30(13-11-28)24(32)17-29-26(33)20-6-8-21(9-7-20)27(3,4)5/h6-9,14-15H,10-13,16-17H2,1-5H3,(H,29,33). The zero-order valence-corrected chi connectivity index (χ0v) is 20.8. The Labute approximate surface area is 201 Å². The van der Waals surface area contributed by atoms with Crippen LogP contribution in [-0.4, -0.2) is 47.7 Å². The van der Waals surface area contributed by atoms with Crippen LogP contribution in [0.4, 0.5) is 0 Å². The first-order valence-electron chi connectivity index (χ1n) is 12.0. The lowest BCUT2D eigenvalue weighted by molar-refractivity contribution is -0.133. The van der Waals surface area contributed by atoms with E-state index in [1.807, 2.05) is 38.1 Å². The van der Waals surface area contributed by atoms with Crippen molar-refractivity contribution in [2.45, 2.75) is 64.9 Å². The Kier molecular flexibility index (Phi) is 6.28. The number of amides is 2. The number of fused-ring (bicyclic) bond motifs is 1. The fraction of sp³-hybridized carbons (Fsp3) is 0.464. The van der Waals surface area contributed by atoms with Crippen LogP contribution in [0.2, 0.25) is 0 Å². The molecule has 2 aromatic rings. The van der Waals surface area contributed by atoms with Gasteiger partial charge < -0.3 is 15.0 Å². The number of nitrogens with zero attached hydrogens (tertiary/aromatic N) is 1. The molecule has 0 saturated carbocycles. The monoisotopic (exact) mass is 462 g/mol. The molecule has 0 aliphatic carbocycles. The molecule has 0 radical (unpaired) electrons. The summed E-state index contributed by atoms with van der Waals surface area (Å²) in [6, 6.07) is 11.4. The van der Waals surface area contributed by atoms with Crippen LogP contribution in [0.5, 0.6) is 5.75 Å². The minimum Gasteiger partial charge on any atom is -0.486 e. The Balaban J connectivity index is 1.32. The summed E-state index contributed by atoms with van der Waals surface area (Å²) in [6.45, 7) is 11.3. The molecule has 0 aromatic heterocycles. The van der Waals surface area contributed by atoms with Gasteiger partial charge in [-0.3, -0.25) is 14.4 Å². The molecule has 2 aliphatic heterocycles. The second-order valence-electron chi connectivity index (χ2n) is 10.7. The van der Waals surface area contributed by atoms with Crippen molar-refractivity contribution >= 4 is 17.6 Å². The average molecular weight is 463 g/mol. The smallest absolute Gasteiger partial charge is 0.251 e. The van der Waals surface area contributed by atoms with Gasteiger partial charge in [-0.05, 0) is 54.2 Å². The molecule has 34 heavy (non-hydrogen) atoms. The van der Waals surface area contributed by atoms with Crippen LogP contribution in [0.3, 0.4) is 0 Å². The number of benzene rings is 2. The molecule has 4 rings (SSSR count). The first-order chi connectivity index (χ1) is 16.0. The lowest BCUT2D eigenvalue weighted by Gasteiger charge is -2.44. The van der Waals surface area contributed by atoms with Crippen molar-refractivity contribution in [2.75, 3.05) is 19.6 Å². The molecule has 2 amide bonds. The first kappa shape index (κ1) is 24.0. The van der Waals surface area contributed by atoms with Gasteiger partial charge in [0.15, 0.2) is 5.78 Å². The summed E-state index contributed by atoms with van der Waals surface area (Å²) < 4.78 is 6.41. The third-order valence-corrected chi connectivity index (χ3v) is 6.96. The highest BCUT2D eigenvalue weighted by Crippen LogP contribution is 2.41. The number of carbonyl (C=O) groups excluding carboxylic acids is 3. The Morgan fingerprint density at radius 1 is 1.06 bits per heavy atom. The summed E-state index contributed by atoms with van der Waals surface area (Å²) in [6.07, 6.45) is 1.53. The highest BCUT2D eigenvalue weighted by Gasteiger charge is 2.44. The minimum atomic E-state index is -0.557. The van der Waals surface area contributed by atoms with Gasteiger partial charge in [-0.25, -0.2) is 0 Å². The number of hydrogen-bond acceptors (Lipinski definition) is 4. The lowest BCUT2D eigenvalue weighted by atomic mass is 9.81. The summed E-state index contributed by atoms with van der Waals surface area (Å²) in [5.74, 6) is 0.415. The molecule has 1 fully saturated rings.